The molecular weight excluding hydrogens is 326 g/mol. The molecule has 2 aromatic rings. The van der Waals surface area contributed by atoms with Crippen molar-refractivity contribution in [3.8, 4) is 0 Å². The number of nitrogens with zero attached hydrogens (tertiary/aromatic N) is 2. The Morgan fingerprint density at radius 1 is 0.962 bits per heavy atom. The number of aromatic amines is 1. The Kier molecular flexibility index (Phi) is 5.16. The summed E-state index contributed by atoms with van der Waals surface area (Å²) in [5.74, 6) is 0.192. The van der Waals surface area contributed by atoms with Crippen molar-refractivity contribution in [3.63, 3.8) is 0 Å². The van der Waals surface area contributed by atoms with Crippen LogP contribution in [0.3, 0.4) is 0 Å². The van der Waals surface area contributed by atoms with Gasteiger partial charge in [0.05, 0.1) is 6.42 Å². The smallest absolute Gasteiger partial charge is 0.254 e. The van der Waals surface area contributed by atoms with Gasteiger partial charge in [0.1, 0.15) is 0 Å². The monoisotopic (exact) mass is 353 g/mol. The van der Waals surface area contributed by atoms with Crippen LogP contribution in [0.1, 0.15) is 38.4 Å². The number of aryl methyl sites for hydroxylation is 4. The number of hydrogen-bond acceptors (Lipinski definition) is 2. The molecule has 26 heavy (non-hydrogen) atoms. The number of piperazine rings is 1. The van der Waals surface area contributed by atoms with E-state index in [0.29, 0.717) is 32.6 Å². The number of nitrogens with one attached hydrogen (secondary N) is 1. The van der Waals surface area contributed by atoms with Gasteiger partial charge in [0, 0.05) is 43.1 Å². The van der Waals surface area contributed by atoms with Gasteiger partial charge in [0.25, 0.3) is 5.91 Å². The molecule has 0 bridgehead atoms. The van der Waals surface area contributed by atoms with Crippen LogP contribution < -0.4 is 0 Å². The summed E-state index contributed by atoms with van der Waals surface area (Å²) < 4.78 is 0. The molecule has 1 aliphatic heterocycles. The molecule has 0 atom stereocenters. The summed E-state index contributed by atoms with van der Waals surface area (Å²) in [7, 11) is 0. The zero-order valence-electron chi connectivity index (χ0n) is 16.1. The minimum Gasteiger partial charge on any atom is -0.362 e. The zero-order valence-corrected chi connectivity index (χ0v) is 16.1. The van der Waals surface area contributed by atoms with Crippen LogP contribution in [0, 0.1) is 27.7 Å². The fourth-order valence-electron chi connectivity index (χ4n) is 3.62. The molecule has 1 aromatic heterocycles. The molecule has 2 amide bonds. The van der Waals surface area contributed by atoms with Crippen LogP contribution in [0.25, 0.3) is 0 Å². The summed E-state index contributed by atoms with van der Waals surface area (Å²) in [5, 5.41) is 0. The maximum atomic E-state index is 12.8. The molecule has 0 spiro atoms. The van der Waals surface area contributed by atoms with Crippen LogP contribution in [0.2, 0.25) is 0 Å². The topological polar surface area (TPSA) is 56.4 Å². The summed E-state index contributed by atoms with van der Waals surface area (Å²) in [6, 6.07) is 7.95. The number of carbonyl (C=O) groups excluding carboxylic acids is 2. The van der Waals surface area contributed by atoms with E-state index >= 15 is 0 Å². The van der Waals surface area contributed by atoms with Crippen molar-refractivity contribution in [2.24, 2.45) is 0 Å². The molecule has 1 saturated heterocycles. The maximum absolute atomic E-state index is 12.8. The van der Waals surface area contributed by atoms with Crippen molar-refractivity contribution in [2.75, 3.05) is 26.2 Å². The molecule has 0 saturated carbocycles. The molecule has 1 N–H and O–H groups in total. The lowest BCUT2D eigenvalue weighted by atomic mass is 10.0. The third kappa shape index (κ3) is 3.82. The lowest BCUT2D eigenvalue weighted by Gasteiger charge is -2.35. The van der Waals surface area contributed by atoms with Gasteiger partial charge in [0.15, 0.2) is 0 Å². The normalized spacial score (nSPS) is 14.6. The largest absolute Gasteiger partial charge is 0.362 e. The number of amides is 2. The molecule has 3 rings (SSSR count). The summed E-state index contributed by atoms with van der Waals surface area (Å²) >= 11 is 0. The molecule has 0 unspecified atom stereocenters. The Morgan fingerprint density at radius 3 is 2.19 bits per heavy atom. The van der Waals surface area contributed by atoms with Gasteiger partial charge in [-0.15, -0.1) is 0 Å². The van der Waals surface area contributed by atoms with Crippen LogP contribution in [-0.4, -0.2) is 52.8 Å². The van der Waals surface area contributed by atoms with Crippen molar-refractivity contribution in [3.05, 3.63) is 57.9 Å². The molecule has 5 heteroatoms. The van der Waals surface area contributed by atoms with E-state index < -0.39 is 0 Å². The van der Waals surface area contributed by atoms with E-state index in [0.717, 1.165) is 33.6 Å². The molecule has 2 heterocycles. The van der Waals surface area contributed by atoms with Gasteiger partial charge in [-0.05, 0) is 51.0 Å². The van der Waals surface area contributed by atoms with E-state index in [1.807, 2.05) is 61.8 Å². The third-order valence-electron chi connectivity index (χ3n) is 5.13. The Morgan fingerprint density at radius 2 is 1.62 bits per heavy atom. The van der Waals surface area contributed by atoms with Crippen molar-refractivity contribution in [1.82, 2.24) is 14.8 Å². The van der Waals surface area contributed by atoms with Gasteiger partial charge in [-0.25, -0.2) is 0 Å². The minimum absolute atomic E-state index is 0.0618. The fraction of sp³-hybridized carbons (Fsp3) is 0.429. The average molecular weight is 353 g/mol. The second-order valence-electron chi connectivity index (χ2n) is 7.27. The summed E-state index contributed by atoms with van der Waals surface area (Å²) in [5.41, 5.74) is 6.11. The number of aromatic nitrogens is 1. The van der Waals surface area contributed by atoms with E-state index in [9.17, 15) is 9.59 Å². The van der Waals surface area contributed by atoms with E-state index in [-0.39, 0.29) is 11.8 Å². The summed E-state index contributed by atoms with van der Waals surface area (Å²) in [6.07, 6.45) is 0.418. The van der Waals surface area contributed by atoms with Gasteiger partial charge in [-0.2, -0.15) is 0 Å². The van der Waals surface area contributed by atoms with Crippen molar-refractivity contribution in [2.45, 2.75) is 34.1 Å². The molecule has 1 fully saturated rings. The van der Waals surface area contributed by atoms with E-state index in [2.05, 4.69) is 4.98 Å². The molecule has 0 aliphatic carbocycles. The highest BCUT2D eigenvalue weighted by atomic mass is 16.2. The first-order valence-electron chi connectivity index (χ1n) is 9.14. The van der Waals surface area contributed by atoms with Gasteiger partial charge in [-0.1, -0.05) is 17.7 Å². The van der Waals surface area contributed by atoms with E-state index in [1.54, 1.807) is 0 Å². The van der Waals surface area contributed by atoms with Gasteiger partial charge < -0.3 is 14.8 Å². The van der Waals surface area contributed by atoms with Crippen LogP contribution in [-0.2, 0) is 11.2 Å². The average Bonchev–Trinajstić information content (AvgIpc) is 2.91. The quantitative estimate of drug-likeness (QED) is 0.922. The first-order chi connectivity index (χ1) is 12.3. The number of H-pyrrole nitrogens is 1. The molecule has 0 radical (unpaired) electrons. The van der Waals surface area contributed by atoms with Gasteiger partial charge in [0.2, 0.25) is 5.91 Å². The highest BCUT2D eigenvalue weighted by molar-refractivity contribution is 5.96. The van der Waals surface area contributed by atoms with Gasteiger partial charge in [-0.3, -0.25) is 9.59 Å². The molecule has 138 valence electrons. The maximum Gasteiger partial charge on any atom is 0.254 e. The molecule has 5 nitrogen and oxygen atoms in total. The van der Waals surface area contributed by atoms with Crippen LogP contribution in [0.5, 0.6) is 0 Å². The predicted octanol–water partition coefficient (Wildman–Crippen LogP) is 2.78. The number of hydrogen-bond donors (Lipinski definition) is 1. The fourth-order valence-corrected chi connectivity index (χ4v) is 3.62. The second kappa shape index (κ2) is 7.36. The highest BCUT2D eigenvalue weighted by Crippen LogP contribution is 2.16. The van der Waals surface area contributed by atoms with Crippen LogP contribution in [0.4, 0.5) is 0 Å². The first kappa shape index (κ1) is 18.2. The Hall–Kier alpha value is -2.56. The Labute approximate surface area is 155 Å². The minimum atomic E-state index is 0.0618. The number of benzene rings is 1. The summed E-state index contributed by atoms with van der Waals surface area (Å²) in [4.78, 5) is 32.3. The van der Waals surface area contributed by atoms with Crippen molar-refractivity contribution >= 4 is 11.8 Å². The Balaban J connectivity index is 1.59. The molecular formula is C21H27N3O2. The van der Waals surface area contributed by atoms with Crippen LogP contribution >= 0.6 is 0 Å². The van der Waals surface area contributed by atoms with Gasteiger partial charge >= 0.3 is 0 Å². The number of rotatable bonds is 3. The van der Waals surface area contributed by atoms with Crippen molar-refractivity contribution in [1.29, 1.82) is 0 Å². The van der Waals surface area contributed by atoms with E-state index in [4.69, 9.17) is 0 Å². The first-order valence-corrected chi connectivity index (χ1v) is 9.14. The highest BCUT2D eigenvalue weighted by Gasteiger charge is 2.26. The molecule has 1 aromatic carbocycles. The number of carbonyl (C=O) groups is 2. The summed E-state index contributed by atoms with van der Waals surface area (Å²) in [6.45, 7) is 10.4. The standard InChI is InChI=1S/C21H27N3O2/c1-14-5-6-19(15(2)11-14)21(26)24-9-7-23(8-10-24)20(25)13-18-12-16(3)22-17(18)4/h5-6,11-12,22H,7-10,13H2,1-4H3. The molecule has 1 aliphatic rings. The van der Waals surface area contributed by atoms with E-state index in [1.165, 1.54) is 0 Å². The second-order valence-corrected chi connectivity index (χ2v) is 7.27. The SMILES string of the molecule is Cc1ccc(C(=O)N2CCN(C(=O)Cc3cc(C)[nH]c3C)CC2)c(C)c1. The zero-order chi connectivity index (χ0) is 18.8. The lowest BCUT2D eigenvalue weighted by molar-refractivity contribution is -0.131. The lowest BCUT2D eigenvalue weighted by Crippen LogP contribution is -2.51. The Bertz CT molecular complexity index is 830. The van der Waals surface area contributed by atoms with Crippen LogP contribution in [0.15, 0.2) is 24.3 Å². The predicted molar refractivity (Wildman–Crippen MR) is 102 cm³/mol. The third-order valence-corrected chi connectivity index (χ3v) is 5.13. The van der Waals surface area contributed by atoms with Crippen molar-refractivity contribution < 1.29 is 9.59 Å².